The van der Waals surface area contributed by atoms with Gasteiger partial charge in [-0.1, -0.05) is 6.07 Å². The molecule has 0 spiro atoms. The summed E-state index contributed by atoms with van der Waals surface area (Å²) in [6.45, 7) is 3.00. The maximum absolute atomic E-state index is 12.2. The van der Waals surface area contributed by atoms with Crippen LogP contribution in [0.3, 0.4) is 0 Å². The van der Waals surface area contributed by atoms with Crippen molar-refractivity contribution in [3.05, 3.63) is 41.5 Å². The van der Waals surface area contributed by atoms with Gasteiger partial charge in [-0.15, -0.1) is 10.2 Å². The number of nitrogens with zero attached hydrogens (tertiary/aromatic N) is 3. The maximum Gasteiger partial charge on any atom is 0.251 e. The number of nitrogens with one attached hydrogen (secondary N) is 2. The third-order valence-corrected chi connectivity index (χ3v) is 5.21. The summed E-state index contributed by atoms with van der Waals surface area (Å²) >= 11 is 0. The molecule has 0 aliphatic carbocycles. The van der Waals surface area contributed by atoms with Crippen LogP contribution in [-0.4, -0.2) is 55.0 Å². The number of carbonyl (C=O) groups excluding carboxylic acids is 1. The van der Waals surface area contributed by atoms with Crippen LogP contribution in [0.2, 0.25) is 0 Å². The lowest BCUT2D eigenvalue weighted by Crippen LogP contribution is -2.27. The summed E-state index contributed by atoms with van der Waals surface area (Å²) in [5.74, 6) is 1.51. The molecule has 1 aliphatic heterocycles. The van der Waals surface area contributed by atoms with Gasteiger partial charge in [0.2, 0.25) is 0 Å². The predicted octanol–water partition coefficient (Wildman–Crippen LogP) is -0.200. The topological polar surface area (TPSA) is 106 Å². The molecule has 0 saturated heterocycles. The highest BCUT2D eigenvalue weighted by Crippen LogP contribution is 2.11. The molecule has 0 bridgehead atoms. The summed E-state index contributed by atoms with van der Waals surface area (Å²) in [7, 11) is -3.34. The van der Waals surface area contributed by atoms with Gasteiger partial charge in [0.05, 0.1) is 4.90 Å². The molecule has 134 valence electrons. The molecule has 9 heteroatoms. The van der Waals surface area contributed by atoms with Crippen LogP contribution in [0.15, 0.2) is 29.2 Å². The Labute approximate surface area is 146 Å². The van der Waals surface area contributed by atoms with E-state index in [0.29, 0.717) is 18.5 Å². The third kappa shape index (κ3) is 4.23. The minimum atomic E-state index is -3.34. The SMILES string of the molecule is CS(=O)(=O)c1cccc(C(=O)NCCc2nnc3n2CCNCC3)c1. The van der Waals surface area contributed by atoms with Crippen LogP contribution in [0.5, 0.6) is 0 Å². The van der Waals surface area contributed by atoms with Crippen molar-refractivity contribution in [1.82, 2.24) is 25.4 Å². The molecule has 0 radical (unpaired) electrons. The van der Waals surface area contributed by atoms with Gasteiger partial charge in [0.1, 0.15) is 11.6 Å². The van der Waals surface area contributed by atoms with Gasteiger partial charge >= 0.3 is 0 Å². The molecule has 0 unspecified atom stereocenters. The number of hydrogen-bond acceptors (Lipinski definition) is 6. The zero-order chi connectivity index (χ0) is 17.9. The van der Waals surface area contributed by atoms with Crippen molar-refractivity contribution in [2.45, 2.75) is 24.3 Å². The Hall–Kier alpha value is -2.26. The Morgan fingerprint density at radius 3 is 2.96 bits per heavy atom. The van der Waals surface area contributed by atoms with Crippen LogP contribution >= 0.6 is 0 Å². The van der Waals surface area contributed by atoms with E-state index in [9.17, 15) is 13.2 Å². The summed E-state index contributed by atoms with van der Waals surface area (Å²) in [5, 5.41) is 14.5. The lowest BCUT2D eigenvalue weighted by molar-refractivity contribution is 0.0953. The molecule has 0 fully saturated rings. The Kier molecular flexibility index (Phi) is 5.14. The second-order valence-electron chi connectivity index (χ2n) is 5.99. The number of fused-ring (bicyclic) bond motifs is 1. The average molecular weight is 363 g/mol. The van der Waals surface area contributed by atoms with Gasteiger partial charge in [-0.3, -0.25) is 4.79 Å². The van der Waals surface area contributed by atoms with E-state index < -0.39 is 9.84 Å². The van der Waals surface area contributed by atoms with E-state index in [1.807, 2.05) is 0 Å². The molecule has 2 heterocycles. The van der Waals surface area contributed by atoms with E-state index in [4.69, 9.17) is 0 Å². The quantitative estimate of drug-likeness (QED) is 0.762. The average Bonchev–Trinajstić information content (AvgIpc) is 2.81. The van der Waals surface area contributed by atoms with Gasteiger partial charge in [0.25, 0.3) is 5.91 Å². The summed E-state index contributed by atoms with van der Waals surface area (Å²) < 4.78 is 25.3. The van der Waals surface area contributed by atoms with Crippen LogP contribution in [0.1, 0.15) is 22.0 Å². The van der Waals surface area contributed by atoms with Gasteiger partial charge in [0, 0.05) is 50.8 Å². The standard InChI is InChI=1S/C16H21N5O3S/c1-25(23,24)13-4-2-3-12(11-13)16(22)18-8-6-15-20-19-14-5-7-17-9-10-21(14)15/h2-4,11,17H,5-10H2,1H3,(H,18,22). The molecule has 1 aliphatic rings. The first-order chi connectivity index (χ1) is 11.9. The van der Waals surface area contributed by atoms with Gasteiger partial charge in [-0.2, -0.15) is 0 Å². The molecule has 1 amide bonds. The molecule has 2 N–H and O–H groups in total. The smallest absolute Gasteiger partial charge is 0.251 e. The Bertz CT molecular complexity index is 876. The van der Waals surface area contributed by atoms with Crippen molar-refractivity contribution >= 4 is 15.7 Å². The van der Waals surface area contributed by atoms with Crippen LogP contribution < -0.4 is 10.6 Å². The van der Waals surface area contributed by atoms with Crippen molar-refractivity contribution in [2.75, 3.05) is 25.9 Å². The van der Waals surface area contributed by atoms with Gasteiger partial charge in [-0.05, 0) is 18.2 Å². The highest BCUT2D eigenvalue weighted by Gasteiger charge is 2.15. The molecular weight excluding hydrogens is 342 g/mol. The second kappa shape index (κ2) is 7.32. The maximum atomic E-state index is 12.2. The monoisotopic (exact) mass is 363 g/mol. The molecule has 0 atom stereocenters. The fourth-order valence-corrected chi connectivity index (χ4v) is 3.44. The van der Waals surface area contributed by atoms with Crippen LogP contribution in [0, 0.1) is 0 Å². The zero-order valence-electron chi connectivity index (χ0n) is 14.0. The minimum Gasteiger partial charge on any atom is -0.352 e. The van der Waals surface area contributed by atoms with Crippen molar-refractivity contribution in [1.29, 1.82) is 0 Å². The minimum absolute atomic E-state index is 0.135. The fraction of sp³-hybridized carbons (Fsp3) is 0.438. The molecule has 25 heavy (non-hydrogen) atoms. The second-order valence-corrected chi connectivity index (χ2v) is 8.01. The zero-order valence-corrected chi connectivity index (χ0v) is 14.8. The number of rotatable bonds is 5. The number of hydrogen-bond donors (Lipinski definition) is 2. The Morgan fingerprint density at radius 1 is 1.32 bits per heavy atom. The summed E-state index contributed by atoms with van der Waals surface area (Å²) in [4.78, 5) is 12.4. The Balaban J connectivity index is 1.61. The summed E-state index contributed by atoms with van der Waals surface area (Å²) in [6, 6.07) is 6.03. The molecule has 2 aromatic rings. The lowest BCUT2D eigenvalue weighted by atomic mass is 10.2. The largest absolute Gasteiger partial charge is 0.352 e. The highest BCUT2D eigenvalue weighted by atomic mass is 32.2. The van der Waals surface area contributed by atoms with E-state index in [1.165, 1.54) is 12.1 Å². The summed E-state index contributed by atoms with van der Waals surface area (Å²) in [5.41, 5.74) is 0.326. The van der Waals surface area contributed by atoms with Crippen molar-refractivity contribution in [2.24, 2.45) is 0 Å². The van der Waals surface area contributed by atoms with Crippen molar-refractivity contribution in [3.8, 4) is 0 Å². The predicted molar refractivity (Wildman–Crippen MR) is 92.2 cm³/mol. The van der Waals surface area contributed by atoms with E-state index in [-0.39, 0.29) is 10.8 Å². The number of amides is 1. The first-order valence-corrected chi connectivity index (χ1v) is 10.0. The van der Waals surface area contributed by atoms with Crippen molar-refractivity contribution < 1.29 is 13.2 Å². The van der Waals surface area contributed by atoms with E-state index in [2.05, 4.69) is 25.4 Å². The highest BCUT2D eigenvalue weighted by molar-refractivity contribution is 7.90. The molecule has 1 aromatic heterocycles. The van der Waals surface area contributed by atoms with Crippen LogP contribution in [0.4, 0.5) is 0 Å². The number of carbonyl (C=O) groups is 1. The van der Waals surface area contributed by atoms with Crippen LogP contribution in [-0.2, 0) is 29.2 Å². The van der Waals surface area contributed by atoms with Gasteiger partial charge < -0.3 is 15.2 Å². The number of benzene rings is 1. The third-order valence-electron chi connectivity index (χ3n) is 4.10. The number of aromatic nitrogens is 3. The van der Waals surface area contributed by atoms with E-state index in [0.717, 1.165) is 44.0 Å². The van der Waals surface area contributed by atoms with Crippen molar-refractivity contribution in [3.63, 3.8) is 0 Å². The van der Waals surface area contributed by atoms with Crippen LogP contribution in [0.25, 0.3) is 0 Å². The first-order valence-electron chi connectivity index (χ1n) is 8.15. The Morgan fingerprint density at radius 2 is 2.16 bits per heavy atom. The molecule has 3 rings (SSSR count). The van der Waals surface area contributed by atoms with E-state index in [1.54, 1.807) is 12.1 Å². The molecule has 8 nitrogen and oxygen atoms in total. The van der Waals surface area contributed by atoms with Gasteiger partial charge in [0.15, 0.2) is 9.84 Å². The van der Waals surface area contributed by atoms with E-state index >= 15 is 0 Å². The summed E-state index contributed by atoms with van der Waals surface area (Å²) in [6.07, 6.45) is 2.54. The number of sulfone groups is 1. The molecule has 1 aromatic carbocycles. The first kappa shape index (κ1) is 17.6. The molecular formula is C16H21N5O3S. The normalized spacial score (nSPS) is 14.6. The fourth-order valence-electron chi connectivity index (χ4n) is 2.77. The van der Waals surface area contributed by atoms with Gasteiger partial charge in [-0.25, -0.2) is 8.42 Å². The molecule has 0 saturated carbocycles. The lowest BCUT2D eigenvalue weighted by Gasteiger charge is -2.08.